The average Bonchev–Trinajstić information content (AvgIpc) is 3.23. The van der Waals surface area contributed by atoms with Crippen LogP contribution in [0.3, 0.4) is 0 Å². The zero-order valence-electron chi connectivity index (χ0n) is 39.6. The van der Waals surface area contributed by atoms with Crippen LogP contribution in [0.1, 0.15) is 309 Å². The van der Waals surface area contributed by atoms with Gasteiger partial charge in [-0.3, -0.25) is 9.59 Å². The van der Waals surface area contributed by atoms with E-state index in [0.29, 0.717) is 12.8 Å². The van der Waals surface area contributed by atoms with Gasteiger partial charge in [0.25, 0.3) is 0 Å². The molecule has 0 saturated heterocycles. The van der Waals surface area contributed by atoms with Gasteiger partial charge in [0.15, 0.2) is 6.10 Å². The smallest absolute Gasteiger partial charge is 0.306 e. The van der Waals surface area contributed by atoms with E-state index < -0.39 is 6.10 Å². The summed E-state index contributed by atoms with van der Waals surface area (Å²) in [6.07, 6.45) is 59.7. The lowest BCUT2D eigenvalue weighted by Gasteiger charge is -2.15. The summed E-state index contributed by atoms with van der Waals surface area (Å²) in [4.78, 5) is 24.2. The fourth-order valence-corrected chi connectivity index (χ4v) is 8.38. The van der Waals surface area contributed by atoms with Gasteiger partial charge < -0.3 is 14.6 Å². The topological polar surface area (TPSA) is 72.8 Å². The number of rotatable bonds is 50. The first-order valence-electron chi connectivity index (χ1n) is 26.6. The summed E-state index contributed by atoms with van der Waals surface area (Å²) < 4.78 is 10.6. The number of carbonyl (C=O) groups is 2. The molecule has 0 aliphatic rings. The first kappa shape index (κ1) is 56.9. The van der Waals surface area contributed by atoms with E-state index in [9.17, 15) is 14.7 Å². The van der Waals surface area contributed by atoms with Crippen molar-refractivity contribution in [3.8, 4) is 0 Å². The molecule has 0 aromatic carbocycles. The second-order valence-corrected chi connectivity index (χ2v) is 18.3. The molecule has 0 amide bonds. The van der Waals surface area contributed by atoms with Gasteiger partial charge >= 0.3 is 11.9 Å². The van der Waals surface area contributed by atoms with Gasteiger partial charge in [0.1, 0.15) is 6.61 Å². The highest BCUT2D eigenvalue weighted by Gasteiger charge is 2.16. The van der Waals surface area contributed by atoms with E-state index in [1.165, 1.54) is 244 Å². The molecular weight excluding hydrogens is 717 g/mol. The van der Waals surface area contributed by atoms with E-state index in [1.807, 2.05) is 0 Å². The number of ether oxygens (including phenoxy) is 2. The summed E-state index contributed by atoms with van der Waals surface area (Å²) in [5.41, 5.74) is 0. The van der Waals surface area contributed by atoms with E-state index >= 15 is 0 Å². The number of unbranched alkanes of at least 4 members (excludes halogenated alkanes) is 42. The van der Waals surface area contributed by atoms with E-state index in [4.69, 9.17) is 9.47 Å². The molecule has 0 aliphatic heterocycles. The fraction of sp³-hybridized carbons (Fsp3) is 0.962. The van der Waals surface area contributed by atoms with Crippen LogP contribution in [0.15, 0.2) is 0 Å². The maximum atomic E-state index is 12.2. The van der Waals surface area contributed by atoms with Crippen molar-refractivity contribution in [2.24, 2.45) is 0 Å². The van der Waals surface area contributed by atoms with Crippen LogP contribution in [-0.4, -0.2) is 36.4 Å². The number of esters is 2. The van der Waals surface area contributed by atoms with Crippen LogP contribution in [0.4, 0.5) is 0 Å². The summed E-state index contributed by atoms with van der Waals surface area (Å²) in [7, 11) is 0. The van der Waals surface area contributed by atoms with E-state index in [-0.39, 0.29) is 25.2 Å². The molecule has 0 heterocycles. The zero-order chi connectivity index (χ0) is 42.1. The molecule has 1 unspecified atom stereocenters. The molecule has 0 aliphatic carbocycles. The second kappa shape index (κ2) is 50.3. The Kier molecular flexibility index (Phi) is 49.3. The van der Waals surface area contributed by atoms with Crippen molar-refractivity contribution in [2.75, 3.05) is 13.2 Å². The predicted molar refractivity (Wildman–Crippen MR) is 252 cm³/mol. The minimum Gasteiger partial charge on any atom is -0.462 e. The van der Waals surface area contributed by atoms with Crippen LogP contribution >= 0.6 is 0 Å². The molecule has 1 atom stereocenters. The molecule has 0 aromatic rings. The van der Waals surface area contributed by atoms with E-state index in [1.54, 1.807) is 0 Å². The van der Waals surface area contributed by atoms with Crippen molar-refractivity contribution in [3.63, 3.8) is 0 Å². The Labute approximate surface area is 363 Å². The van der Waals surface area contributed by atoms with Crippen molar-refractivity contribution in [1.82, 2.24) is 0 Å². The molecule has 0 rings (SSSR count). The number of aliphatic hydroxyl groups is 1. The Hall–Kier alpha value is -1.10. The Morgan fingerprint density at radius 2 is 0.534 bits per heavy atom. The molecular formula is C53H104O5. The summed E-state index contributed by atoms with van der Waals surface area (Å²) >= 11 is 0. The average molecular weight is 821 g/mol. The van der Waals surface area contributed by atoms with Gasteiger partial charge in [0, 0.05) is 12.8 Å². The molecule has 0 spiro atoms. The van der Waals surface area contributed by atoms with Crippen LogP contribution in [0, 0.1) is 0 Å². The monoisotopic (exact) mass is 821 g/mol. The Balaban J connectivity index is 3.29. The van der Waals surface area contributed by atoms with Gasteiger partial charge in [-0.1, -0.05) is 284 Å². The molecule has 0 fully saturated rings. The molecule has 5 heteroatoms. The maximum Gasteiger partial charge on any atom is 0.306 e. The van der Waals surface area contributed by atoms with Crippen LogP contribution in [0.5, 0.6) is 0 Å². The lowest BCUT2D eigenvalue weighted by atomic mass is 10.0. The minimum atomic E-state index is -0.761. The van der Waals surface area contributed by atoms with Gasteiger partial charge in [-0.05, 0) is 12.8 Å². The molecule has 1 N–H and O–H groups in total. The first-order valence-corrected chi connectivity index (χ1v) is 26.6. The zero-order valence-corrected chi connectivity index (χ0v) is 39.6. The molecule has 0 aromatic heterocycles. The van der Waals surface area contributed by atoms with Crippen molar-refractivity contribution < 1.29 is 24.2 Å². The van der Waals surface area contributed by atoms with E-state index in [0.717, 1.165) is 38.5 Å². The normalized spacial score (nSPS) is 12.0. The number of carbonyl (C=O) groups excluding carboxylic acids is 2. The Morgan fingerprint density at radius 3 is 0.759 bits per heavy atom. The number of hydrogen-bond acceptors (Lipinski definition) is 5. The summed E-state index contributed by atoms with van der Waals surface area (Å²) in [5, 5.41) is 9.56. The summed E-state index contributed by atoms with van der Waals surface area (Å²) in [6, 6.07) is 0. The van der Waals surface area contributed by atoms with Gasteiger partial charge in [-0.2, -0.15) is 0 Å². The van der Waals surface area contributed by atoms with Crippen molar-refractivity contribution in [3.05, 3.63) is 0 Å². The van der Waals surface area contributed by atoms with Gasteiger partial charge in [-0.25, -0.2) is 0 Å². The third-order valence-corrected chi connectivity index (χ3v) is 12.4. The lowest BCUT2D eigenvalue weighted by molar-refractivity contribution is -0.161. The highest BCUT2D eigenvalue weighted by atomic mass is 16.6. The van der Waals surface area contributed by atoms with Gasteiger partial charge in [0.2, 0.25) is 0 Å². The standard InChI is InChI=1S/C53H104O5/c1-3-5-7-9-11-13-14-15-16-17-18-19-20-21-22-23-24-25-26-27-28-29-30-31-32-33-34-35-36-37-38-39-40-42-44-46-48-53(56)58-51(49-54)50-57-52(55)47-45-43-41-12-10-8-6-4-2/h51,54H,3-50H2,1-2H3. The Morgan fingerprint density at radius 1 is 0.328 bits per heavy atom. The molecule has 5 nitrogen and oxygen atoms in total. The minimum absolute atomic E-state index is 0.0577. The SMILES string of the molecule is CCCCCCCCCCCCCCCCCCCCCCCCCCCCCCCCCCCCCCC(=O)OC(CO)COC(=O)CCCCCCCCCC. The third-order valence-electron chi connectivity index (χ3n) is 12.4. The van der Waals surface area contributed by atoms with Crippen LogP contribution in [-0.2, 0) is 19.1 Å². The number of aliphatic hydroxyl groups excluding tert-OH is 1. The lowest BCUT2D eigenvalue weighted by Crippen LogP contribution is -2.28. The van der Waals surface area contributed by atoms with Gasteiger partial charge in [0.05, 0.1) is 6.61 Å². The predicted octanol–water partition coefficient (Wildman–Crippen LogP) is 17.4. The van der Waals surface area contributed by atoms with Crippen molar-refractivity contribution in [1.29, 1.82) is 0 Å². The van der Waals surface area contributed by atoms with E-state index in [2.05, 4.69) is 13.8 Å². The van der Waals surface area contributed by atoms with Crippen molar-refractivity contribution in [2.45, 2.75) is 315 Å². The third kappa shape index (κ3) is 47.6. The summed E-state index contributed by atoms with van der Waals surface area (Å²) in [5.74, 6) is -0.577. The summed E-state index contributed by atoms with van der Waals surface area (Å²) in [6.45, 7) is 4.15. The quantitative estimate of drug-likeness (QED) is 0.0489. The second-order valence-electron chi connectivity index (χ2n) is 18.3. The fourth-order valence-electron chi connectivity index (χ4n) is 8.38. The van der Waals surface area contributed by atoms with Crippen LogP contribution in [0.2, 0.25) is 0 Å². The first-order chi connectivity index (χ1) is 28.6. The maximum absolute atomic E-state index is 12.2. The number of hydrogen-bond donors (Lipinski definition) is 1. The largest absolute Gasteiger partial charge is 0.462 e. The van der Waals surface area contributed by atoms with Crippen LogP contribution < -0.4 is 0 Å². The molecule has 0 saturated carbocycles. The Bertz CT molecular complexity index is 799. The molecule has 0 bridgehead atoms. The van der Waals surface area contributed by atoms with Gasteiger partial charge in [-0.15, -0.1) is 0 Å². The van der Waals surface area contributed by atoms with Crippen LogP contribution in [0.25, 0.3) is 0 Å². The molecule has 58 heavy (non-hydrogen) atoms. The molecule has 346 valence electrons. The highest BCUT2D eigenvalue weighted by molar-refractivity contribution is 5.70. The van der Waals surface area contributed by atoms with Crippen molar-refractivity contribution >= 4 is 11.9 Å². The molecule has 0 radical (unpaired) electrons. The highest BCUT2D eigenvalue weighted by Crippen LogP contribution is 2.18.